The number of aliphatic hydroxyl groups excluding tert-OH is 2. The number of aliphatic hydroxyl groups is 2. The Morgan fingerprint density at radius 2 is 2.21 bits per heavy atom. The van der Waals surface area contributed by atoms with Crippen LogP contribution in [0.15, 0.2) is 24.3 Å². The van der Waals surface area contributed by atoms with Crippen molar-refractivity contribution in [1.82, 2.24) is 4.90 Å². The Kier molecular flexibility index (Phi) is 6.07. The molecule has 0 spiro atoms. The molecule has 0 heterocycles. The van der Waals surface area contributed by atoms with E-state index in [9.17, 15) is 9.90 Å². The van der Waals surface area contributed by atoms with Gasteiger partial charge in [-0.1, -0.05) is 17.9 Å². The Morgan fingerprint density at radius 1 is 1.47 bits per heavy atom. The lowest BCUT2D eigenvalue weighted by molar-refractivity contribution is 0.0769. The van der Waals surface area contributed by atoms with E-state index in [0.29, 0.717) is 24.1 Å². The number of carbonyl (C=O) groups excluding carboxylic acids is 1. The third-order valence-corrected chi connectivity index (χ3v) is 2.65. The van der Waals surface area contributed by atoms with Gasteiger partial charge < -0.3 is 15.1 Å². The van der Waals surface area contributed by atoms with E-state index < -0.39 is 6.10 Å². The fourth-order valence-electron chi connectivity index (χ4n) is 1.57. The van der Waals surface area contributed by atoms with Gasteiger partial charge in [-0.25, -0.2) is 0 Å². The topological polar surface area (TPSA) is 60.8 Å². The lowest BCUT2D eigenvalue weighted by atomic mass is 10.1. The van der Waals surface area contributed by atoms with Crippen LogP contribution in [-0.4, -0.2) is 47.3 Å². The van der Waals surface area contributed by atoms with E-state index in [0.717, 1.165) is 0 Å². The molecule has 0 saturated carbocycles. The maximum absolute atomic E-state index is 12.1. The lowest BCUT2D eigenvalue weighted by Crippen LogP contribution is -2.29. The highest BCUT2D eigenvalue weighted by Crippen LogP contribution is 2.08. The molecule has 1 unspecified atom stereocenters. The van der Waals surface area contributed by atoms with E-state index in [2.05, 4.69) is 11.8 Å². The Bertz CT molecular complexity index is 486. The molecule has 0 aliphatic carbocycles. The molecular weight excluding hydrogens is 242 g/mol. The first-order chi connectivity index (χ1) is 9.04. The maximum atomic E-state index is 12.1. The van der Waals surface area contributed by atoms with Crippen molar-refractivity contribution in [3.63, 3.8) is 0 Å². The minimum Gasteiger partial charge on any atom is -0.393 e. The Hall–Kier alpha value is -1.83. The molecule has 0 aromatic heterocycles. The van der Waals surface area contributed by atoms with E-state index in [-0.39, 0.29) is 12.5 Å². The van der Waals surface area contributed by atoms with E-state index in [1.165, 1.54) is 0 Å². The van der Waals surface area contributed by atoms with Gasteiger partial charge in [0.2, 0.25) is 0 Å². The lowest BCUT2D eigenvalue weighted by Gasteiger charge is -2.18. The first-order valence-corrected chi connectivity index (χ1v) is 6.18. The Labute approximate surface area is 113 Å². The number of hydrogen-bond donors (Lipinski definition) is 2. The number of nitrogens with zero attached hydrogens (tertiary/aromatic N) is 1. The van der Waals surface area contributed by atoms with Gasteiger partial charge in [0.15, 0.2) is 0 Å². The molecule has 1 amide bonds. The second-order valence-corrected chi connectivity index (χ2v) is 4.41. The van der Waals surface area contributed by atoms with Crippen molar-refractivity contribution in [2.75, 3.05) is 20.2 Å². The Balaban J connectivity index is 2.76. The van der Waals surface area contributed by atoms with Gasteiger partial charge in [0, 0.05) is 24.7 Å². The van der Waals surface area contributed by atoms with Crippen molar-refractivity contribution >= 4 is 5.91 Å². The van der Waals surface area contributed by atoms with Crippen LogP contribution in [0.1, 0.15) is 29.3 Å². The van der Waals surface area contributed by atoms with Gasteiger partial charge in [-0.3, -0.25) is 4.79 Å². The van der Waals surface area contributed by atoms with Crippen LogP contribution in [0.3, 0.4) is 0 Å². The predicted molar refractivity (Wildman–Crippen MR) is 73.7 cm³/mol. The minimum absolute atomic E-state index is 0.103. The summed E-state index contributed by atoms with van der Waals surface area (Å²) in [7, 11) is 1.71. The zero-order chi connectivity index (χ0) is 14.3. The average Bonchev–Trinajstić information content (AvgIpc) is 2.41. The zero-order valence-corrected chi connectivity index (χ0v) is 11.3. The molecule has 0 aliphatic heterocycles. The number of carbonyl (C=O) groups is 1. The number of hydrogen-bond acceptors (Lipinski definition) is 3. The van der Waals surface area contributed by atoms with Crippen molar-refractivity contribution in [3.05, 3.63) is 35.4 Å². The third kappa shape index (κ3) is 5.12. The number of benzene rings is 1. The van der Waals surface area contributed by atoms with Gasteiger partial charge in [-0.05, 0) is 31.5 Å². The fraction of sp³-hybridized carbons (Fsp3) is 0.400. The summed E-state index contributed by atoms with van der Waals surface area (Å²) in [6, 6.07) is 6.97. The second kappa shape index (κ2) is 7.57. The highest BCUT2D eigenvalue weighted by molar-refractivity contribution is 5.94. The molecule has 4 nitrogen and oxygen atoms in total. The van der Waals surface area contributed by atoms with Gasteiger partial charge in [-0.2, -0.15) is 0 Å². The molecule has 1 rings (SSSR count). The first-order valence-electron chi connectivity index (χ1n) is 6.18. The van der Waals surface area contributed by atoms with E-state index in [1.807, 2.05) is 0 Å². The summed E-state index contributed by atoms with van der Waals surface area (Å²) in [5, 5.41) is 17.9. The molecule has 1 aromatic rings. The standard InChI is InChI=1S/C15H19NO3/c1-12(18)8-9-16(2)15(19)14-7-3-5-13(11-14)6-4-10-17/h3,5,7,11-12,17-18H,8-10H2,1-2H3. The summed E-state index contributed by atoms with van der Waals surface area (Å²) >= 11 is 0. The van der Waals surface area contributed by atoms with Gasteiger partial charge in [-0.15, -0.1) is 0 Å². The molecule has 0 aliphatic rings. The van der Waals surface area contributed by atoms with E-state index in [4.69, 9.17) is 5.11 Å². The van der Waals surface area contributed by atoms with Crippen molar-refractivity contribution in [1.29, 1.82) is 0 Å². The van der Waals surface area contributed by atoms with Gasteiger partial charge in [0.25, 0.3) is 5.91 Å². The molecule has 0 radical (unpaired) electrons. The van der Waals surface area contributed by atoms with Crippen LogP contribution in [0.5, 0.6) is 0 Å². The van der Waals surface area contributed by atoms with Crippen LogP contribution in [0.25, 0.3) is 0 Å². The molecular formula is C15H19NO3. The maximum Gasteiger partial charge on any atom is 0.253 e. The first kappa shape index (κ1) is 15.2. The molecule has 19 heavy (non-hydrogen) atoms. The third-order valence-electron chi connectivity index (χ3n) is 2.65. The average molecular weight is 261 g/mol. The normalized spacial score (nSPS) is 11.4. The minimum atomic E-state index is -0.419. The van der Waals surface area contributed by atoms with Crippen molar-refractivity contribution in [2.24, 2.45) is 0 Å². The van der Waals surface area contributed by atoms with Crippen LogP contribution < -0.4 is 0 Å². The number of amides is 1. The zero-order valence-electron chi connectivity index (χ0n) is 11.3. The highest BCUT2D eigenvalue weighted by Gasteiger charge is 2.12. The summed E-state index contributed by atoms with van der Waals surface area (Å²) in [6.07, 6.45) is 0.128. The van der Waals surface area contributed by atoms with E-state index in [1.54, 1.807) is 43.1 Å². The summed E-state index contributed by atoms with van der Waals surface area (Å²) < 4.78 is 0. The molecule has 102 valence electrons. The Morgan fingerprint density at radius 3 is 2.84 bits per heavy atom. The quantitative estimate of drug-likeness (QED) is 0.791. The highest BCUT2D eigenvalue weighted by atomic mass is 16.3. The van der Waals surface area contributed by atoms with Crippen LogP contribution in [0.2, 0.25) is 0 Å². The van der Waals surface area contributed by atoms with E-state index >= 15 is 0 Å². The largest absolute Gasteiger partial charge is 0.393 e. The van der Waals surface area contributed by atoms with Crippen molar-refractivity contribution in [3.8, 4) is 11.8 Å². The molecule has 0 saturated heterocycles. The smallest absolute Gasteiger partial charge is 0.253 e. The molecule has 4 heteroatoms. The molecule has 0 fully saturated rings. The van der Waals surface area contributed by atoms with Gasteiger partial charge >= 0.3 is 0 Å². The molecule has 1 atom stereocenters. The summed E-state index contributed by atoms with van der Waals surface area (Å²) in [4.78, 5) is 13.7. The predicted octanol–water partition coefficient (Wildman–Crippen LogP) is 0.873. The van der Waals surface area contributed by atoms with Crippen LogP contribution >= 0.6 is 0 Å². The van der Waals surface area contributed by atoms with Crippen molar-refractivity contribution in [2.45, 2.75) is 19.4 Å². The van der Waals surface area contributed by atoms with Crippen LogP contribution in [-0.2, 0) is 0 Å². The molecule has 1 aromatic carbocycles. The summed E-state index contributed by atoms with van der Waals surface area (Å²) in [5.74, 6) is 5.21. The van der Waals surface area contributed by atoms with Gasteiger partial charge in [0.1, 0.15) is 6.61 Å². The second-order valence-electron chi connectivity index (χ2n) is 4.41. The SMILES string of the molecule is CC(O)CCN(C)C(=O)c1cccc(C#CCO)c1. The van der Waals surface area contributed by atoms with Crippen LogP contribution in [0, 0.1) is 11.8 Å². The summed E-state index contributed by atoms with van der Waals surface area (Å²) in [6.45, 7) is 2.00. The van der Waals surface area contributed by atoms with Crippen molar-refractivity contribution < 1.29 is 15.0 Å². The monoisotopic (exact) mass is 261 g/mol. The fourth-order valence-corrected chi connectivity index (χ4v) is 1.57. The number of rotatable bonds is 4. The van der Waals surface area contributed by atoms with Gasteiger partial charge in [0.05, 0.1) is 6.10 Å². The molecule has 2 N–H and O–H groups in total. The van der Waals surface area contributed by atoms with Crippen LogP contribution in [0.4, 0.5) is 0 Å². The summed E-state index contributed by atoms with van der Waals surface area (Å²) in [5.41, 5.74) is 1.25. The molecule has 0 bridgehead atoms.